The van der Waals surface area contributed by atoms with Crippen molar-refractivity contribution in [3.63, 3.8) is 0 Å². The van der Waals surface area contributed by atoms with E-state index in [2.05, 4.69) is 41.5 Å². The summed E-state index contributed by atoms with van der Waals surface area (Å²) in [6.45, 7) is 1.91. The molecular weight excluding hydrogens is 520 g/mol. The molecule has 8 nitrogen and oxygen atoms in total. The largest absolute Gasteiger partial charge is 0.455 e. The van der Waals surface area contributed by atoms with E-state index < -0.39 is 0 Å². The number of fused-ring (bicyclic) bond motifs is 1. The van der Waals surface area contributed by atoms with Crippen LogP contribution in [0.25, 0.3) is 11.0 Å². The lowest BCUT2D eigenvalue weighted by Crippen LogP contribution is -2.12. The lowest BCUT2D eigenvalue weighted by molar-refractivity contribution is 0.102. The fourth-order valence-corrected chi connectivity index (χ4v) is 3.79. The van der Waals surface area contributed by atoms with Gasteiger partial charge in [-0.3, -0.25) is 4.79 Å². The van der Waals surface area contributed by atoms with Crippen LogP contribution in [0.1, 0.15) is 16.1 Å². The van der Waals surface area contributed by atoms with Crippen LogP contribution in [0.3, 0.4) is 0 Å². The summed E-state index contributed by atoms with van der Waals surface area (Å²) in [4.78, 5) is 26.0. The predicted molar refractivity (Wildman–Crippen MR) is 145 cm³/mol. The number of benzene rings is 3. The summed E-state index contributed by atoms with van der Waals surface area (Å²) < 4.78 is 7.03. The Morgan fingerprint density at radius 3 is 2.50 bits per heavy atom. The summed E-state index contributed by atoms with van der Waals surface area (Å²) in [5.74, 6) is 1.48. The van der Waals surface area contributed by atoms with Gasteiger partial charge < -0.3 is 21.1 Å². The lowest BCUT2D eigenvalue weighted by Gasteiger charge is -2.16. The van der Waals surface area contributed by atoms with Crippen molar-refractivity contribution >= 4 is 55.8 Å². The SMILES string of the molecule is Cc1ccc2c(Nc3cc(NC(=O)c4ccc(Br)cc4)ccc3Oc3ccc(N)cc3)ncnc2n1. The van der Waals surface area contributed by atoms with Crippen LogP contribution in [0, 0.1) is 6.92 Å². The second kappa shape index (κ2) is 10.0. The second-order valence-electron chi connectivity index (χ2n) is 8.01. The standard InChI is InChI=1S/C27H21BrN6O2/c1-16-2-12-22-25(32-16)30-15-31-26(22)34-23-14-20(33-27(35)17-3-5-18(28)6-4-17)9-13-24(23)36-21-10-7-19(29)8-11-21/h2-15H,29H2,1H3,(H,33,35)(H,30,31,32,34). The fourth-order valence-electron chi connectivity index (χ4n) is 3.53. The zero-order chi connectivity index (χ0) is 25.1. The Morgan fingerprint density at radius 1 is 0.944 bits per heavy atom. The first kappa shape index (κ1) is 23.3. The van der Waals surface area contributed by atoms with Gasteiger partial charge in [-0.15, -0.1) is 0 Å². The summed E-state index contributed by atoms with van der Waals surface area (Å²) >= 11 is 3.39. The Bertz CT molecular complexity index is 1560. The van der Waals surface area contributed by atoms with Crippen molar-refractivity contribution < 1.29 is 9.53 Å². The highest BCUT2D eigenvalue weighted by atomic mass is 79.9. The number of hydrogen-bond acceptors (Lipinski definition) is 7. The molecule has 0 saturated heterocycles. The van der Waals surface area contributed by atoms with Crippen LogP contribution in [0.5, 0.6) is 11.5 Å². The van der Waals surface area contributed by atoms with E-state index in [1.54, 1.807) is 54.6 Å². The molecule has 0 atom stereocenters. The number of nitrogens with one attached hydrogen (secondary N) is 2. The van der Waals surface area contributed by atoms with Crippen molar-refractivity contribution in [3.05, 3.63) is 101 Å². The first-order chi connectivity index (χ1) is 17.4. The minimum Gasteiger partial charge on any atom is -0.455 e. The van der Waals surface area contributed by atoms with Crippen LogP contribution in [-0.4, -0.2) is 20.9 Å². The number of aryl methyl sites for hydroxylation is 1. The van der Waals surface area contributed by atoms with Gasteiger partial charge in [0.1, 0.15) is 17.9 Å². The van der Waals surface area contributed by atoms with Gasteiger partial charge in [0.25, 0.3) is 5.91 Å². The van der Waals surface area contributed by atoms with E-state index in [9.17, 15) is 4.79 Å². The number of anilines is 4. The number of amides is 1. The Morgan fingerprint density at radius 2 is 1.72 bits per heavy atom. The third kappa shape index (κ3) is 5.26. The average molecular weight is 541 g/mol. The summed E-state index contributed by atoms with van der Waals surface area (Å²) in [5.41, 5.74) is 9.61. The Hall–Kier alpha value is -4.50. The first-order valence-corrected chi connectivity index (χ1v) is 11.8. The molecule has 36 heavy (non-hydrogen) atoms. The Labute approximate surface area is 215 Å². The Balaban J connectivity index is 1.50. The lowest BCUT2D eigenvalue weighted by atomic mass is 10.2. The van der Waals surface area contributed by atoms with E-state index in [1.165, 1.54) is 6.33 Å². The number of halogens is 1. The van der Waals surface area contributed by atoms with Crippen molar-refractivity contribution in [1.29, 1.82) is 0 Å². The summed E-state index contributed by atoms with van der Waals surface area (Å²) in [6.07, 6.45) is 1.46. The van der Waals surface area contributed by atoms with Crippen molar-refractivity contribution in [3.8, 4) is 11.5 Å². The molecule has 4 N–H and O–H groups in total. The number of hydrogen-bond donors (Lipinski definition) is 3. The van der Waals surface area contributed by atoms with E-state index in [-0.39, 0.29) is 5.91 Å². The van der Waals surface area contributed by atoms with Gasteiger partial charge in [-0.05, 0) is 85.8 Å². The zero-order valence-corrected chi connectivity index (χ0v) is 20.8. The zero-order valence-electron chi connectivity index (χ0n) is 19.2. The van der Waals surface area contributed by atoms with Crippen LogP contribution in [0.4, 0.5) is 22.9 Å². The molecule has 2 aromatic heterocycles. The number of pyridine rings is 1. The third-order valence-electron chi connectivity index (χ3n) is 5.34. The molecule has 178 valence electrons. The van der Waals surface area contributed by atoms with Crippen LogP contribution in [-0.2, 0) is 0 Å². The number of aromatic nitrogens is 3. The number of ether oxygens (including phenoxy) is 1. The topological polar surface area (TPSA) is 115 Å². The number of rotatable bonds is 6. The van der Waals surface area contributed by atoms with E-state index >= 15 is 0 Å². The average Bonchev–Trinajstić information content (AvgIpc) is 2.87. The maximum absolute atomic E-state index is 12.8. The number of carbonyl (C=O) groups is 1. The molecule has 0 bridgehead atoms. The Kier molecular flexibility index (Phi) is 6.46. The maximum atomic E-state index is 12.8. The fraction of sp³-hybridized carbons (Fsp3) is 0.0370. The van der Waals surface area contributed by atoms with Crippen molar-refractivity contribution in [2.75, 3.05) is 16.4 Å². The van der Waals surface area contributed by atoms with Gasteiger partial charge in [0.2, 0.25) is 0 Å². The smallest absolute Gasteiger partial charge is 0.255 e. The van der Waals surface area contributed by atoms with E-state index in [1.807, 2.05) is 31.2 Å². The van der Waals surface area contributed by atoms with E-state index in [0.717, 1.165) is 15.6 Å². The summed E-state index contributed by atoms with van der Waals surface area (Å²) in [5, 5.41) is 7.02. The molecule has 0 spiro atoms. The highest BCUT2D eigenvalue weighted by Crippen LogP contribution is 2.35. The number of carbonyl (C=O) groups excluding carboxylic acids is 1. The molecule has 3 aromatic carbocycles. The van der Waals surface area contributed by atoms with Crippen molar-refractivity contribution in [1.82, 2.24) is 15.0 Å². The molecule has 5 aromatic rings. The summed E-state index contributed by atoms with van der Waals surface area (Å²) in [7, 11) is 0. The predicted octanol–water partition coefficient (Wildman–Crippen LogP) is 6.47. The van der Waals surface area contributed by atoms with Gasteiger partial charge >= 0.3 is 0 Å². The minimum atomic E-state index is -0.229. The van der Waals surface area contributed by atoms with Gasteiger partial charge in [-0.2, -0.15) is 0 Å². The number of nitrogen functional groups attached to an aromatic ring is 1. The minimum absolute atomic E-state index is 0.229. The molecule has 0 fully saturated rings. The van der Waals surface area contributed by atoms with Crippen LogP contribution < -0.4 is 21.1 Å². The molecule has 0 aliphatic rings. The molecule has 0 aliphatic carbocycles. The van der Waals surface area contributed by atoms with Gasteiger partial charge in [0, 0.05) is 27.1 Å². The van der Waals surface area contributed by atoms with Crippen molar-refractivity contribution in [2.45, 2.75) is 6.92 Å². The molecule has 9 heteroatoms. The highest BCUT2D eigenvalue weighted by Gasteiger charge is 2.13. The highest BCUT2D eigenvalue weighted by molar-refractivity contribution is 9.10. The molecule has 0 unspecified atom stereocenters. The molecule has 1 amide bonds. The van der Waals surface area contributed by atoms with Crippen LogP contribution in [0.15, 0.2) is 89.7 Å². The van der Waals surface area contributed by atoms with Gasteiger partial charge in [0.15, 0.2) is 11.4 Å². The van der Waals surface area contributed by atoms with Gasteiger partial charge in [0.05, 0.1) is 11.1 Å². The molecule has 5 rings (SSSR count). The van der Waals surface area contributed by atoms with Crippen LogP contribution in [0.2, 0.25) is 0 Å². The first-order valence-electron chi connectivity index (χ1n) is 11.0. The van der Waals surface area contributed by atoms with E-state index in [0.29, 0.717) is 45.6 Å². The quantitative estimate of drug-likeness (QED) is 0.211. The number of nitrogens with zero attached hydrogens (tertiary/aromatic N) is 3. The van der Waals surface area contributed by atoms with E-state index in [4.69, 9.17) is 10.5 Å². The summed E-state index contributed by atoms with van der Waals surface area (Å²) in [6, 6.07) is 23.4. The van der Waals surface area contributed by atoms with Gasteiger partial charge in [-0.1, -0.05) is 15.9 Å². The monoisotopic (exact) mass is 540 g/mol. The number of nitrogens with two attached hydrogens (primary N) is 1. The van der Waals surface area contributed by atoms with Crippen LogP contribution >= 0.6 is 15.9 Å². The van der Waals surface area contributed by atoms with Gasteiger partial charge in [-0.25, -0.2) is 15.0 Å². The third-order valence-corrected chi connectivity index (χ3v) is 5.87. The molecule has 2 heterocycles. The molecule has 0 radical (unpaired) electrons. The molecule has 0 aliphatic heterocycles. The second-order valence-corrected chi connectivity index (χ2v) is 8.93. The maximum Gasteiger partial charge on any atom is 0.255 e. The molecular formula is C27H21BrN6O2. The molecule has 0 saturated carbocycles. The normalized spacial score (nSPS) is 10.7. The van der Waals surface area contributed by atoms with Crippen molar-refractivity contribution in [2.24, 2.45) is 0 Å².